The average molecular weight is 458 g/mol. The number of imidazole rings is 1. The molecule has 1 saturated carbocycles. The average Bonchev–Trinajstić information content (AvgIpc) is 3.17. The molecule has 0 saturated heterocycles. The molecule has 164 valence electrons. The van der Waals surface area contributed by atoms with Gasteiger partial charge in [0.1, 0.15) is 0 Å². The van der Waals surface area contributed by atoms with Crippen LogP contribution in [0.25, 0.3) is 11.0 Å². The summed E-state index contributed by atoms with van der Waals surface area (Å²) in [5.74, 6) is 0.202. The fraction of sp³-hybridized carbons (Fsp3) is 0.435. The largest absolute Gasteiger partial charge is 0.449 e. The highest BCUT2D eigenvalue weighted by Gasteiger charge is 2.24. The van der Waals surface area contributed by atoms with Crippen LogP contribution in [0.5, 0.6) is 0 Å². The number of ether oxygens (including phenoxy) is 1. The minimum absolute atomic E-state index is 0.200. The topological polar surface area (TPSA) is 74.1 Å². The normalized spacial score (nSPS) is 15.8. The van der Waals surface area contributed by atoms with Gasteiger partial charge in [0.15, 0.2) is 0 Å². The van der Waals surface area contributed by atoms with Gasteiger partial charge < -0.3 is 4.74 Å². The molecule has 2 aromatic heterocycles. The van der Waals surface area contributed by atoms with Crippen molar-refractivity contribution in [3.05, 3.63) is 47.8 Å². The zero-order valence-electron chi connectivity index (χ0n) is 17.9. The number of aromatic nitrogens is 3. The van der Waals surface area contributed by atoms with Gasteiger partial charge in [0, 0.05) is 16.3 Å². The van der Waals surface area contributed by atoms with Gasteiger partial charge in [-0.3, -0.25) is 9.19 Å². The number of thioether (sulfide) groups is 1. The summed E-state index contributed by atoms with van der Waals surface area (Å²) < 4.78 is 19.9. The summed E-state index contributed by atoms with van der Waals surface area (Å²) in [7, 11) is -1.55. The Morgan fingerprint density at radius 1 is 1.23 bits per heavy atom. The maximum atomic E-state index is 13.3. The van der Waals surface area contributed by atoms with Crippen molar-refractivity contribution in [2.75, 3.05) is 6.61 Å². The lowest BCUT2D eigenvalue weighted by Gasteiger charge is -2.22. The maximum absolute atomic E-state index is 13.3. The molecule has 31 heavy (non-hydrogen) atoms. The SMILES string of the molecule is CCOC(=O)n1c(S(=O)Cc2nccc(SC3CCCCC3)c2C)nc2ccccc21. The van der Waals surface area contributed by atoms with Crippen LogP contribution in [0.4, 0.5) is 4.79 Å². The molecule has 1 aliphatic rings. The van der Waals surface area contributed by atoms with E-state index in [1.54, 1.807) is 25.3 Å². The van der Waals surface area contributed by atoms with Crippen molar-refractivity contribution in [3.63, 3.8) is 0 Å². The highest BCUT2D eigenvalue weighted by atomic mass is 32.2. The number of nitrogens with zero attached hydrogens (tertiary/aromatic N) is 3. The lowest BCUT2D eigenvalue weighted by atomic mass is 10.0. The zero-order valence-corrected chi connectivity index (χ0v) is 19.5. The Morgan fingerprint density at radius 2 is 2.00 bits per heavy atom. The highest BCUT2D eigenvalue weighted by Crippen LogP contribution is 2.35. The number of fused-ring (bicyclic) bond motifs is 1. The van der Waals surface area contributed by atoms with Crippen molar-refractivity contribution in [1.29, 1.82) is 0 Å². The standard InChI is InChI=1S/C23H27N3O3S2/c1-3-29-23(27)26-20-12-8-7-11-18(20)25-22(26)31(28)15-19-16(2)21(13-14-24-19)30-17-9-5-4-6-10-17/h7-8,11-14,17H,3-6,9-10,15H2,1-2H3. The van der Waals surface area contributed by atoms with Crippen LogP contribution in [0.3, 0.4) is 0 Å². The predicted octanol–water partition coefficient (Wildman–Crippen LogP) is 5.48. The number of carbonyl (C=O) groups is 1. The van der Waals surface area contributed by atoms with E-state index in [-0.39, 0.29) is 17.5 Å². The van der Waals surface area contributed by atoms with Crippen LogP contribution in [0, 0.1) is 6.92 Å². The molecule has 1 aromatic carbocycles. The molecule has 3 aromatic rings. The second kappa shape index (κ2) is 9.96. The Labute approximate surface area is 189 Å². The van der Waals surface area contributed by atoms with Gasteiger partial charge in [-0.15, -0.1) is 11.8 Å². The highest BCUT2D eigenvalue weighted by molar-refractivity contribution is 8.00. The summed E-state index contributed by atoms with van der Waals surface area (Å²) in [6.07, 6.45) is 7.64. The first-order valence-corrected chi connectivity index (χ1v) is 12.9. The minimum atomic E-state index is -1.55. The fourth-order valence-corrected chi connectivity index (χ4v) is 6.51. The number of hydrogen-bond donors (Lipinski definition) is 0. The smallest absolute Gasteiger partial charge is 0.420 e. The van der Waals surface area contributed by atoms with Crippen molar-refractivity contribution < 1.29 is 13.7 Å². The molecule has 0 amide bonds. The van der Waals surface area contributed by atoms with E-state index in [9.17, 15) is 9.00 Å². The predicted molar refractivity (Wildman–Crippen MR) is 124 cm³/mol. The molecule has 4 rings (SSSR count). The summed E-state index contributed by atoms with van der Waals surface area (Å²) in [6, 6.07) is 9.30. The van der Waals surface area contributed by atoms with Crippen LogP contribution < -0.4 is 0 Å². The van der Waals surface area contributed by atoms with Crippen LogP contribution in [0.1, 0.15) is 50.3 Å². The monoisotopic (exact) mass is 457 g/mol. The Balaban J connectivity index is 1.61. The maximum Gasteiger partial charge on any atom is 0.420 e. The van der Waals surface area contributed by atoms with Gasteiger partial charge in [-0.05, 0) is 50.5 Å². The fourth-order valence-electron chi connectivity index (χ4n) is 3.90. The number of carbonyl (C=O) groups excluding carboxylic acids is 1. The first-order valence-electron chi connectivity index (χ1n) is 10.7. The molecular formula is C23H27N3O3S2. The van der Waals surface area contributed by atoms with Crippen molar-refractivity contribution >= 4 is 39.7 Å². The molecule has 1 fully saturated rings. The first-order chi connectivity index (χ1) is 15.1. The van der Waals surface area contributed by atoms with E-state index in [4.69, 9.17) is 4.74 Å². The number of pyridine rings is 1. The molecule has 6 nitrogen and oxygen atoms in total. The number of benzene rings is 1. The second-order valence-electron chi connectivity index (χ2n) is 7.67. The van der Waals surface area contributed by atoms with Crippen molar-refractivity contribution in [1.82, 2.24) is 14.5 Å². The molecule has 0 N–H and O–H groups in total. The molecular weight excluding hydrogens is 430 g/mol. The van der Waals surface area contributed by atoms with Crippen LogP contribution in [-0.4, -0.2) is 36.7 Å². The Bertz CT molecular complexity index is 1110. The van der Waals surface area contributed by atoms with E-state index in [0.717, 1.165) is 11.3 Å². The molecule has 1 atom stereocenters. The molecule has 0 bridgehead atoms. The molecule has 1 aliphatic carbocycles. The summed E-state index contributed by atoms with van der Waals surface area (Å²) in [6.45, 7) is 4.02. The van der Waals surface area contributed by atoms with E-state index in [1.807, 2.05) is 30.8 Å². The third kappa shape index (κ3) is 4.85. The Kier molecular flexibility index (Phi) is 7.07. The van der Waals surface area contributed by atoms with Crippen molar-refractivity contribution in [2.24, 2.45) is 0 Å². The van der Waals surface area contributed by atoms with Gasteiger partial charge >= 0.3 is 6.09 Å². The summed E-state index contributed by atoms with van der Waals surface area (Å²) in [5.41, 5.74) is 3.05. The van der Waals surface area contributed by atoms with Gasteiger partial charge in [-0.1, -0.05) is 31.4 Å². The second-order valence-corrected chi connectivity index (χ2v) is 10.4. The number of rotatable bonds is 6. The molecule has 2 heterocycles. The van der Waals surface area contributed by atoms with Crippen LogP contribution in [-0.2, 0) is 21.3 Å². The van der Waals surface area contributed by atoms with Gasteiger partial charge in [-0.25, -0.2) is 14.3 Å². The molecule has 8 heteroatoms. The quantitative estimate of drug-likeness (QED) is 0.488. The van der Waals surface area contributed by atoms with Crippen LogP contribution in [0.15, 0.2) is 46.6 Å². The molecule has 1 unspecified atom stereocenters. The van der Waals surface area contributed by atoms with E-state index in [1.165, 1.54) is 41.6 Å². The van der Waals surface area contributed by atoms with Crippen LogP contribution >= 0.6 is 11.8 Å². The van der Waals surface area contributed by atoms with E-state index in [2.05, 4.69) is 16.0 Å². The van der Waals surface area contributed by atoms with E-state index < -0.39 is 16.9 Å². The summed E-state index contributed by atoms with van der Waals surface area (Å²) >= 11 is 1.91. The Morgan fingerprint density at radius 3 is 2.77 bits per heavy atom. The summed E-state index contributed by atoms with van der Waals surface area (Å²) in [4.78, 5) is 22.8. The molecule has 0 radical (unpaired) electrons. The summed E-state index contributed by atoms with van der Waals surface area (Å²) in [5, 5.41) is 0.840. The third-order valence-electron chi connectivity index (χ3n) is 5.56. The van der Waals surface area contributed by atoms with Gasteiger partial charge in [0.2, 0.25) is 5.16 Å². The molecule has 0 spiro atoms. The van der Waals surface area contributed by atoms with Crippen LogP contribution in [0.2, 0.25) is 0 Å². The van der Waals surface area contributed by atoms with E-state index >= 15 is 0 Å². The first kappa shape index (κ1) is 22.0. The zero-order chi connectivity index (χ0) is 21.8. The van der Waals surface area contributed by atoms with Crippen molar-refractivity contribution in [2.45, 2.75) is 67.0 Å². The van der Waals surface area contributed by atoms with Gasteiger partial charge in [0.25, 0.3) is 0 Å². The number of hydrogen-bond acceptors (Lipinski definition) is 6. The lowest BCUT2D eigenvalue weighted by Crippen LogP contribution is -2.18. The van der Waals surface area contributed by atoms with E-state index in [0.29, 0.717) is 16.3 Å². The lowest BCUT2D eigenvalue weighted by molar-refractivity contribution is 0.152. The number of para-hydroxylation sites is 2. The third-order valence-corrected chi connectivity index (χ3v) is 8.27. The van der Waals surface area contributed by atoms with Crippen molar-refractivity contribution in [3.8, 4) is 0 Å². The van der Waals surface area contributed by atoms with Gasteiger partial charge in [0.05, 0.1) is 39.9 Å². The molecule has 0 aliphatic heterocycles. The Hall–Kier alpha value is -2.19. The van der Waals surface area contributed by atoms with Gasteiger partial charge in [-0.2, -0.15) is 0 Å². The minimum Gasteiger partial charge on any atom is -0.449 e.